The van der Waals surface area contributed by atoms with Crippen molar-refractivity contribution in [2.45, 2.75) is 27.2 Å². The molecule has 2 aromatic carbocycles. The lowest BCUT2D eigenvalue weighted by atomic mass is 10.1. The van der Waals surface area contributed by atoms with Crippen molar-refractivity contribution in [3.63, 3.8) is 0 Å². The van der Waals surface area contributed by atoms with Gasteiger partial charge in [-0.3, -0.25) is 9.59 Å². The Morgan fingerprint density at radius 1 is 0.968 bits per heavy atom. The van der Waals surface area contributed by atoms with E-state index >= 15 is 0 Å². The molecule has 31 heavy (non-hydrogen) atoms. The maximum atomic E-state index is 13.0. The van der Waals surface area contributed by atoms with Gasteiger partial charge in [0.1, 0.15) is 5.00 Å². The predicted octanol–water partition coefficient (Wildman–Crippen LogP) is 4.89. The number of benzene rings is 2. The Balaban J connectivity index is 1.88. The highest BCUT2D eigenvalue weighted by Crippen LogP contribution is 2.34. The molecule has 7 heteroatoms. The second-order valence-electron chi connectivity index (χ2n) is 7.23. The second-order valence-corrected chi connectivity index (χ2v) is 8.26. The van der Waals surface area contributed by atoms with E-state index in [2.05, 4.69) is 10.6 Å². The second kappa shape index (κ2) is 9.57. The highest BCUT2D eigenvalue weighted by atomic mass is 32.1. The average molecular weight is 437 g/mol. The SMILES string of the molecule is COC(=O)c1c(NC(=O)Cc2ccccc2)sc(C(=O)Nc2cc(C)ccc2C)c1C. The van der Waals surface area contributed by atoms with Crippen molar-refractivity contribution in [2.75, 3.05) is 17.7 Å². The zero-order valence-electron chi connectivity index (χ0n) is 17.9. The van der Waals surface area contributed by atoms with Crippen LogP contribution in [0.5, 0.6) is 0 Å². The number of ether oxygens (including phenoxy) is 1. The van der Waals surface area contributed by atoms with E-state index in [0.29, 0.717) is 21.1 Å². The van der Waals surface area contributed by atoms with Crippen LogP contribution in [0, 0.1) is 20.8 Å². The molecule has 0 radical (unpaired) electrons. The van der Waals surface area contributed by atoms with Crippen molar-refractivity contribution in [2.24, 2.45) is 0 Å². The lowest BCUT2D eigenvalue weighted by molar-refractivity contribution is -0.115. The highest BCUT2D eigenvalue weighted by Gasteiger charge is 2.26. The molecule has 0 bridgehead atoms. The van der Waals surface area contributed by atoms with E-state index < -0.39 is 5.97 Å². The van der Waals surface area contributed by atoms with Crippen LogP contribution in [0.2, 0.25) is 0 Å². The summed E-state index contributed by atoms with van der Waals surface area (Å²) < 4.78 is 4.89. The minimum atomic E-state index is -0.602. The normalized spacial score (nSPS) is 10.5. The van der Waals surface area contributed by atoms with Crippen molar-refractivity contribution in [3.05, 3.63) is 81.2 Å². The number of hydrogen-bond donors (Lipinski definition) is 2. The zero-order chi connectivity index (χ0) is 22.5. The Labute approximate surface area is 185 Å². The largest absolute Gasteiger partial charge is 0.465 e. The lowest BCUT2D eigenvalue weighted by Gasteiger charge is -2.09. The van der Waals surface area contributed by atoms with E-state index in [-0.39, 0.29) is 23.8 Å². The number of amides is 2. The molecule has 3 rings (SSSR count). The first kappa shape index (κ1) is 22.2. The van der Waals surface area contributed by atoms with Crippen LogP contribution in [0.3, 0.4) is 0 Å². The summed E-state index contributed by atoms with van der Waals surface area (Å²) >= 11 is 1.06. The van der Waals surface area contributed by atoms with Crippen LogP contribution < -0.4 is 10.6 Å². The smallest absolute Gasteiger partial charge is 0.341 e. The minimum absolute atomic E-state index is 0.155. The van der Waals surface area contributed by atoms with Gasteiger partial charge in [0.25, 0.3) is 5.91 Å². The van der Waals surface area contributed by atoms with Gasteiger partial charge in [-0.1, -0.05) is 42.5 Å². The van der Waals surface area contributed by atoms with Gasteiger partial charge in [-0.2, -0.15) is 0 Å². The quantitative estimate of drug-likeness (QED) is 0.539. The molecule has 0 saturated heterocycles. The van der Waals surface area contributed by atoms with Gasteiger partial charge in [-0.25, -0.2) is 4.79 Å². The molecule has 0 unspecified atom stereocenters. The lowest BCUT2D eigenvalue weighted by Crippen LogP contribution is -2.16. The van der Waals surface area contributed by atoms with Crippen molar-refractivity contribution in [3.8, 4) is 0 Å². The number of thiophene rings is 1. The third-order valence-electron chi connectivity index (χ3n) is 4.84. The number of anilines is 2. The first-order valence-corrected chi connectivity index (χ1v) is 10.6. The number of rotatable bonds is 6. The summed E-state index contributed by atoms with van der Waals surface area (Å²) in [5, 5.41) is 5.98. The third kappa shape index (κ3) is 5.19. The molecule has 1 aromatic heterocycles. The maximum absolute atomic E-state index is 13.0. The third-order valence-corrected chi connectivity index (χ3v) is 6.05. The fourth-order valence-electron chi connectivity index (χ4n) is 3.17. The zero-order valence-corrected chi connectivity index (χ0v) is 18.7. The van der Waals surface area contributed by atoms with Crippen LogP contribution in [-0.4, -0.2) is 24.9 Å². The number of nitrogens with one attached hydrogen (secondary N) is 2. The molecule has 6 nitrogen and oxygen atoms in total. The van der Waals surface area contributed by atoms with E-state index in [1.807, 2.05) is 62.4 Å². The van der Waals surface area contributed by atoms with Gasteiger partial charge >= 0.3 is 5.97 Å². The summed E-state index contributed by atoms with van der Waals surface area (Å²) in [5.41, 5.74) is 4.16. The first-order chi connectivity index (χ1) is 14.8. The Kier molecular flexibility index (Phi) is 6.87. The van der Waals surface area contributed by atoms with Crippen LogP contribution in [0.15, 0.2) is 48.5 Å². The van der Waals surface area contributed by atoms with Crippen molar-refractivity contribution in [1.82, 2.24) is 0 Å². The average Bonchev–Trinajstić information content (AvgIpc) is 3.06. The monoisotopic (exact) mass is 436 g/mol. The van der Waals surface area contributed by atoms with Gasteiger partial charge in [0, 0.05) is 5.69 Å². The Morgan fingerprint density at radius 3 is 2.35 bits per heavy atom. The number of esters is 1. The van der Waals surface area contributed by atoms with Gasteiger partial charge in [-0.15, -0.1) is 11.3 Å². The molecule has 2 amide bonds. The molecule has 0 aliphatic carbocycles. The molecule has 0 fully saturated rings. The minimum Gasteiger partial charge on any atom is -0.465 e. The molecule has 0 aliphatic rings. The number of aryl methyl sites for hydroxylation is 2. The molecule has 1 heterocycles. The van der Waals surface area contributed by atoms with Crippen molar-refractivity contribution >= 4 is 39.8 Å². The van der Waals surface area contributed by atoms with Crippen molar-refractivity contribution < 1.29 is 19.1 Å². The molecule has 160 valence electrons. The fraction of sp³-hybridized carbons (Fsp3) is 0.208. The molecular formula is C24H24N2O4S. The summed E-state index contributed by atoms with van der Waals surface area (Å²) in [6, 6.07) is 15.1. The van der Waals surface area contributed by atoms with E-state index in [9.17, 15) is 14.4 Å². The number of methoxy groups -OCH3 is 1. The summed E-state index contributed by atoms with van der Waals surface area (Å²) in [5.74, 6) is -1.22. The molecule has 0 atom stereocenters. The van der Waals surface area contributed by atoms with Crippen molar-refractivity contribution in [1.29, 1.82) is 0 Å². The number of carbonyl (C=O) groups excluding carboxylic acids is 3. The van der Waals surface area contributed by atoms with Crippen LogP contribution in [-0.2, 0) is 16.0 Å². The summed E-state index contributed by atoms with van der Waals surface area (Å²) in [7, 11) is 1.27. The predicted molar refractivity (Wildman–Crippen MR) is 123 cm³/mol. The standard InChI is InChI=1S/C24H24N2O4S/c1-14-10-11-15(2)18(12-14)25-22(28)21-16(3)20(24(29)30-4)23(31-21)26-19(27)13-17-8-6-5-7-9-17/h5-12H,13H2,1-4H3,(H,25,28)(H,26,27). The number of hydrogen-bond acceptors (Lipinski definition) is 5. The Bertz CT molecular complexity index is 1140. The van der Waals surface area contributed by atoms with E-state index in [1.165, 1.54) is 7.11 Å². The summed E-state index contributed by atoms with van der Waals surface area (Å²) in [6.07, 6.45) is 0.155. The molecular weight excluding hydrogens is 412 g/mol. The molecule has 0 spiro atoms. The highest BCUT2D eigenvalue weighted by molar-refractivity contribution is 7.18. The van der Waals surface area contributed by atoms with Gasteiger partial charge in [-0.05, 0) is 49.1 Å². The van der Waals surface area contributed by atoms with Gasteiger partial charge in [0.05, 0.1) is 24.0 Å². The van der Waals surface area contributed by atoms with Gasteiger partial charge in [0.2, 0.25) is 5.91 Å². The molecule has 2 N–H and O–H groups in total. The van der Waals surface area contributed by atoms with E-state index in [1.54, 1.807) is 6.92 Å². The molecule has 0 aliphatic heterocycles. The number of carbonyl (C=O) groups is 3. The Hall–Kier alpha value is -3.45. The topological polar surface area (TPSA) is 84.5 Å². The van der Waals surface area contributed by atoms with Gasteiger partial charge in [0.15, 0.2) is 0 Å². The van der Waals surface area contributed by atoms with Crippen LogP contribution in [0.4, 0.5) is 10.7 Å². The van der Waals surface area contributed by atoms with Crippen LogP contribution >= 0.6 is 11.3 Å². The van der Waals surface area contributed by atoms with E-state index in [0.717, 1.165) is 28.0 Å². The first-order valence-electron chi connectivity index (χ1n) is 9.74. The molecule has 0 saturated carbocycles. The summed E-state index contributed by atoms with van der Waals surface area (Å²) in [6.45, 7) is 5.53. The van der Waals surface area contributed by atoms with Crippen LogP contribution in [0.25, 0.3) is 0 Å². The maximum Gasteiger partial charge on any atom is 0.341 e. The van der Waals surface area contributed by atoms with Gasteiger partial charge < -0.3 is 15.4 Å². The molecule has 3 aromatic rings. The van der Waals surface area contributed by atoms with E-state index in [4.69, 9.17) is 4.74 Å². The van der Waals surface area contributed by atoms with Crippen LogP contribution in [0.1, 0.15) is 42.3 Å². The summed E-state index contributed by atoms with van der Waals surface area (Å²) in [4.78, 5) is 38.3. The fourth-order valence-corrected chi connectivity index (χ4v) is 4.27. The Morgan fingerprint density at radius 2 is 1.68 bits per heavy atom.